The highest BCUT2D eigenvalue weighted by atomic mass is 31.2. The van der Waals surface area contributed by atoms with Crippen LogP contribution in [0.1, 0.15) is 0 Å². The van der Waals surface area contributed by atoms with Gasteiger partial charge in [0.2, 0.25) is 0 Å². The SMILES string of the molecule is CN(C)P(=O)(Oc1cccc(O)c1)N(C)C. The van der Waals surface area contributed by atoms with Crippen molar-refractivity contribution >= 4 is 7.67 Å². The van der Waals surface area contributed by atoms with E-state index in [0.29, 0.717) is 5.75 Å². The zero-order valence-corrected chi connectivity index (χ0v) is 10.8. The van der Waals surface area contributed by atoms with Crippen molar-refractivity contribution < 1.29 is 14.2 Å². The van der Waals surface area contributed by atoms with Gasteiger partial charge in [0, 0.05) is 6.07 Å². The molecule has 90 valence electrons. The molecule has 0 amide bonds. The molecule has 0 fully saturated rings. The van der Waals surface area contributed by atoms with Gasteiger partial charge in [0.05, 0.1) is 0 Å². The van der Waals surface area contributed by atoms with Crippen LogP contribution in [0, 0.1) is 0 Å². The summed E-state index contributed by atoms with van der Waals surface area (Å²) in [6.07, 6.45) is 0. The molecule has 0 spiro atoms. The predicted molar refractivity (Wildman–Crippen MR) is 63.7 cm³/mol. The third-order valence-electron chi connectivity index (χ3n) is 2.05. The normalized spacial score (nSPS) is 12.1. The van der Waals surface area contributed by atoms with Crippen molar-refractivity contribution in [2.45, 2.75) is 0 Å². The first-order valence-corrected chi connectivity index (χ1v) is 6.33. The van der Waals surface area contributed by atoms with Gasteiger partial charge in [0.25, 0.3) is 0 Å². The molecule has 5 nitrogen and oxygen atoms in total. The molecule has 1 rings (SSSR count). The van der Waals surface area contributed by atoms with Crippen LogP contribution in [0.4, 0.5) is 0 Å². The summed E-state index contributed by atoms with van der Waals surface area (Å²) in [5.74, 6) is 0.465. The largest absolute Gasteiger partial charge is 0.508 e. The summed E-state index contributed by atoms with van der Waals surface area (Å²) in [6, 6.07) is 6.25. The van der Waals surface area contributed by atoms with Crippen LogP contribution < -0.4 is 4.52 Å². The van der Waals surface area contributed by atoms with Crippen LogP contribution in [0.2, 0.25) is 0 Å². The Hall–Kier alpha value is -1.03. The van der Waals surface area contributed by atoms with Gasteiger partial charge in [-0.15, -0.1) is 0 Å². The average molecular weight is 244 g/mol. The van der Waals surface area contributed by atoms with E-state index in [0.717, 1.165) is 0 Å². The summed E-state index contributed by atoms with van der Waals surface area (Å²) in [5, 5.41) is 9.29. The molecule has 0 saturated carbocycles. The molecule has 0 unspecified atom stereocenters. The molecule has 16 heavy (non-hydrogen) atoms. The molecule has 0 bridgehead atoms. The Balaban J connectivity index is 2.98. The van der Waals surface area contributed by atoms with E-state index in [9.17, 15) is 9.67 Å². The Morgan fingerprint density at radius 3 is 2.19 bits per heavy atom. The van der Waals surface area contributed by atoms with Gasteiger partial charge < -0.3 is 9.63 Å². The second-order valence-corrected chi connectivity index (χ2v) is 6.54. The van der Waals surface area contributed by atoms with Crippen molar-refractivity contribution in [3.05, 3.63) is 24.3 Å². The fraction of sp³-hybridized carbons (Fsp3) is 0.400. The standard InChI is InChI=1S/C10H17N2O3P/c1-11(2)16(14,12(3)4)15-10-7-5-6-9(13)8-10/h5-8,13H,1-4H3. The number of rotatable bonds is 4. The molecule has 6 heteroatoms. The number of phenols is 1. The Morgan fingerprint density at radius 1 is 1.19 bits per heavy atom. The topological polar surface area (TPSA) is 53.0 Å². The third kappa shape index (κ3) is 2.76. The molecule has 0 heterocycles. The number of hydrogen-bond donors (Lipinski definition) is 1. The zero-order chi connectivity index (χ0) is 12.3. The number of aromatic hydroxyl groups is 1. The first-order valence-electron chi connectivity index (χ1n) is 4.80. The quantitative estimate of drug-likeness (QED) is 0.821. The molecule has 1 aromatic rings. The molecular formula is C10H17N2O3P. The molecular weight excluding hydrogens is 227 g/mol. The monoisotopic (exact) mass is 244 g/mol. The van der Waals surface area contributed by atoms with Crippen LogP contribution in [0.15, 0.2) is 24.3 Å². The molecule has 1 aromatic carbocycles. The van der Waals surface area contributed by atoms with E-state index in [1.165, 1.54) is 21.5 Å². The molecule has 1 N–H and O–H groups in total. The average Bonchev–Trinajstić information content (AvgIpc) is 2.16. The minimum absolute atomic E-state index is 0.0848. The fourth-order valence-corrected chi connectivity index (χ4v) is 2.63. The van der Waals surface area contributed by atoms with Gasteiger partial charge in [0.1, 0.15) is 11.5 Å². The van der Waals surface area contributed by atoms with Crippen molar-refractivity contribution in [1.29, 1.82) is 0 Å². The van der Waals surface area contributed by atoms with Crippen LogP contribution in [-0.2, 0) is 4.57 Å². The van der Waals surface area contributed by atoms with Crippen molar-refractivity contribution in [3.8, 4) is 11.5 Å². The Kier molecular flexibility index (Phi) is 3.97. The smallest absolute Gasteiger partial charge is 0.394 e. The van der Waals surface area contributed by atoms with E-state index >= 15 is 0 Å². The summed E-state index contributed by atoms with van der Waals surface area (Å²) in [5.41, 5.74) is 0. The van der Waals surface area contributed by atoms with Crippen molar-refractivity contribution in [1.82, 2.24) is 9.34 Å². The van der Waals surface area contributed by atoms with Gasteiger partial charge in [-0.3, -0.25) is 0 Å². The van der Waals surface area contributed by atoms with Crippen LogP contribution >= 0.6 is 7.67 Å². The second-order valence-electron chi connectivity index (χ2n) is 3.77. The molecule has 0 aliphatic carbocycles. The minimum atomic E-state index is -3.05. The van der Waals surface area contributed by atoms with E-state index < -0.39 is 7.67 Å². The lowest BCUT2D eigenvalue weighted by Crippen LogP contribution is -2.24. The highest BCUT2D eigenvalue weighted by Gasteiger charge is 2.31. The number of hydrogen-bond acceptors (Lipinski definition) is 3. The van der Waals surface area contributed by atoms with Crippen molar-refractivity contribution in [2.75, 3.05) is 28.2 Å². The molecule has 0 radical (unpaired) electrons. The fourth-order valence-electron chi connectivity index (χ4n) is 1.20. The predicted octanol–water partition coefficient (Wildman–Crippen LogP) is 2.00. The second kappa shape index (κ2) is 4.87. The lowest BCUT2D eigenvalue weighted by Gasteiger charge is -2.29. The van der Waals surface area contributed by atoms with Crippen LogP contribution in [0.25, 0.3) is 0 Å². The van der Waals surface area contributed by atoms with Crippen LogP contribution in [0.3, 0.4) is 0 Å². The van der Waals surface area contributed by atoms with Gasteiger partial charge >= 0.3 is 7.67 Å². The van der Waals surface area contributed by atoms with Gasteiger partial charge in [-0.05, 0) is 40.3 Å². The Labute approximate surface area is 95.8 Å². The molecule has 0 saturated heterocycles. The van der Waals surface area contributed by atoms with Crippen molar-refractivity contribution in [3.63, 3.8) is 0 Å². The lowest BCUT2D eigenvalue weighted by atomic mass is 10.3. The van der Waals surface area contributed by atoms with Gasteiger partial charge in [-0.25, -0.2) is 13.9 Å². The lowest BCUT2D eigenvalue weighted by molar-refractivity contribution is 0.353. The summed E-state index contributed by atoms with van der Waals surface area (Å²) in [7, 11) is 3.69. The highest BCUT2D eigenvalue weighted by Crippen LogP contribution is 2.50. The summed E-state index contributed by atoms with van der Waals surface area (Å²) < 4.78 is 20.9. The Bertz CT molecular complexity index is 395. The first-order chi connectivity index (χ1) is 7.36. The maximum absolute atomic E-state index is 12.4. The van der Waals surface area contributed by atoms with Crippen LogP contribution in [0.5, 0.6) is 11.5 Å². The van der Waals surface area contributed by atoms with E-state index in [1.807, 2.05) is 0 Å². The maximum atomic E-state index is 12.4. The van der Waals surface area contributed by atoms with Gasteiger partial charge in [-0.1, -0.05) is 6.07 Å². The highest BCUT2D eigenvalue weighted by molar-refractivity contribution is 7.54. The first kappa shape index (κ1) is 13.0. The third-order valence-corrected chi connectivity index (χ3v) is 4.52. The van der Waals surface area contributed by atoms with E-state index in [2.05, 4.69) is 0 Å². The van der Waals surface area contributed by atoms with E-state index in [1.54, 1.807) is 40.3 Å². The summed E-state index contributed by atoms with van der Waals surface area (Å²) >= 11 is 0. The molecule has 0 aliphatic rings. The van der Waals surface area contributed by atoms with Gasteiger partial charge in [-0.2, -0.15) is 0 Å². The summed E-state index contributed by atoms with van der Waals surface area (Å²) in [6.45, 7) is 0. The van der Waals surface area contributed by atoms with Crippen LogP contribution in [-0.4, -0.2) is 42.6 Å². The summed E-state index contributed by atoms with van der Waals surface area (Å²) in [4.78, 5) is 0. The maximum Gasteiger partial charge on any atom is 0.394 e. The number of benzene rings is 1. The number of nitrogens with zero attached hydrogens (tertiary/aromatic N) is 2. The zero-order valence-electron chi connectivity index (χ0n) is 9.91. The number of phenolic OH excluding ortho intramolecular Hbond substituents is 1. The van der Waals surface area contributed by atoms with E-state index in [4.69, 9.17) is 4.52 Å². The molecule has 0 aliphatic heterocycles. The van der Waals surface area contributed by atoms with Gasteiger partial charge in [0.15, 0.2) is 0 Å². The molecule has 0 aromatic heterocycles. The minimum Gasteiger partial charge on any atom is -0.508 e. The van der Waals surface area contributed by atoms with E-state index in [-0.39, 0.29) is 5.75 Å². The Morgan fingerprint density at radius 2 is 1.75 bits per heavy atom. The van der Waals surface area contributed by atoms with Crippen molar-refractivity contribution in [2.24, 2.45) is 0 Å². The molecule has 0 atom stereocenters.